The molecule has 0 aromatic heterocycles. The van der Waals surface area contributed by atoms with Crippen molar-refractivity contribution in [3.05, 3.63) is 28.2 Å². The predicted octanol–water partition coefficient (Wildman–Crippen LogP) is 2.45. The number of halogens is 1. The first-order valence-electron chi connectivity index (χ1n) is 4.79. The first-order valence-corrected chi connectivity index (χ1v) is 5.58. The number of benzene rings is 1. The topological polar surface area (TPSA) is 35.2 Å². The van der Waals surface area contributed by atoms with Crippen molar-refractivity contribution >= 4 is 15.9 Å². The molecule has 0 saturated heterocycles. The average molecular weight is 256 g/mol. The largest absolute Gasteiger partial charge is 0.493 e. The third kappa shape index (κ3) is 1.55. The number of hydrogen-bond acceptors (Lipinski definition) is 2. The molecule has 0 saturated carbocycles. The van der Waals surface area contributed by atoms with Crippen LogP contribution in [0.15, 0.2) is 22.7 Å². The van der Waals surface area contributed by atoms with Gasteiger partial charge in [0.15, 0.2) is 0 Å². The summed E-state index contributed by atoms with van der Waals surface area (Å²) in [4.78, 5) is 0. The summed E-state index contributed by atoms with van der Waals surface area (Å²) >= 11 is 3.47. The molecule has 1 atom stereocenters. The molecule has 1 aliphatic heterocycles. The molecule has 0 bridgehead atoms. The highest BCUT2D eigenvalue weighted by Crippen LogP contribution is 2.39. The SMILES string of the molecule is CC1(CN)CCOc2ccc(Br)cc21. The lowest BCUT2D eigenvalue weighted by Gasteiger charge is -2.34. The third-order valence-corrected chi connectivity index (χ3v) is 3.45. The number of ether oxygens (including phenoxy) is 1. The van der Waals surface area contributed by atoms with Gasteiger partial charge >= 0.3 is 0 Å². The fourth-order valence-electron chi connectivity index (χ4n) is 1.83. The fourth-order valence-corrected chi connectivity index (χ4v) is 2.19. The molecule has 1 unspecified atom stereocenters. The van der Waals surface area contributed by atoms with Crippen molar-refractivity contribution in [1.82, 2.24) is 0 Å². The van der Waals surface area contributed by atoms with Crippen LogP contribution in [0.2, 0.25) is 0 Å². The molecule has 2 nitrogen and oxygen atoms in total. The maximum Gasteiger partial charge on any atom is 0.123 e. The minimum Gasteiger partial charge on any atom is -0.493 e. The number of nitrogens with two attached hydrogens (primary N) is 1. The summed E-state index contributed by atoms with van der Waals surface area (Å²) < 4.78 is 6.68. The zero-order valence-corrected chi connectivity index (χ0v) is 9.80. The van der Waals surface area contributed by atoms with Crippen LogP contribution in [0.4, 0.5) is 0 Å². The average Bonchev–Trinajstić information content (AvgIpc) is 2.20. The Morgan fingerprint density at radius 2 is 2.36 bits per heavy atom. The van der Waals surface area contributed by atoms with E-state index in [1.165, 1.54) is 5.56 Å². The van der Waals surface area contributed by atoms with E-state index in [1.54, 1.807) is 0 Å². The van der Waals surface area contributed by atoms with Crippen LogP contribution in [0, 0.1) is 0 Å². The van der Waals surface area contributed by atoms with Crippen LogP contribution in [-0.2, 0) is 5.41 Å². The van der Waals surface area contributed by atoms with Gasteiger partial charge in [0.05, 0.1) is 6.61 Å². The van der Waals surface area contributed by atoms with Crippen LogP contribution in [0.3, 0.4) is 0 Å². The van der Waals surface area contributed by atoms with E-state index in [9.17, 15) is 0 Å². The Balaban J connectivity index is 2.52. The number of hydrogen-bond donors (Lipinski definition) is 1. The van der Waals surface area contributed by atoms with E-state index in [2.05, 4.69) is 28.9 Å². The number of fused-ring (bicyclic) bond motifs is 1. The molecule has 1 aromatic rings. The summed E-state index contributed by atoms with van der Waals surface area (Å²) in [6, 6.07) is 6.12. The first kappa shape index (κ1) is 9.99. The zero-order chi connectivity index (χ0) is 10.2. The van der Waals surface area contributed by atoms with Crippen LogP contribution in [0.5, 0.6) is 5.75 Å². The monoisotopic (exact) mass is 255 g/mol. The highest BCUT2D eigenvalue weighted by molar-refractivity contribution is 9.10. The van der Waals surface area contributed by atoms with Gasteiger partial charge in [0.25, 0.3) is 0 Å². The minimum absolute atomic E-state index is 0.0668. The van der Waals surface area contributed by atoms with Gasteiger partial charge in [0.2, 0.25) is 0 Å². The van der Waals surface area contributed by atoms with Gasteiger partial charge in [0.1, 0.15) is 5.75 Å². The van der Waals surface area contributed by atoms with E-state index >= 15 is 0 Å². The van der Waals surface area contributed by atoms with E-state index in [4.69, 9.17) is 10.5 Å². The third-order valence-electron chi connectivity index (χ3n) is 2.95. The molecule has 0 aliphatic carbocycles. The molecule has 0 radical (unpaired) electrons. The summed E-state index contributed by atoms with van der Waals surface area (Å²) in [6.45, 7) is 3.63. The first-order chi connectivity index (χ1) is 6.65. The van der Waals surface area contributed by atoms with Gasteiger partial charge in [0, 0.05) is 22.0 Å². The molecular formula is C11H14BrNO. The molecule has 2 rings (SSSR count). The summed E-state index contributed by atoms with van der Waals surface area (Å²) in [6.07, 6.45) is 0.993. The lowest BCUT2D eigenvalue weighted by atomic mass is 9.78. The highest BCUT2D eigenvalue weighted by atomic mass is 79.9. The van der Waals surface area contributed by atoms with E-state index in [1.807, 2.05) is 12.1 Å². The van der Waals surface area contributed by atoms with Crippen molar-refractivity contribution in [3.8, 4) is 5.75 Å². The molecule has 1 heterocycles. The quantitative estimate of drug-likeness (QED) is 0.837. The Bertz CT molecular complexity index is 353. The Kier molecular flexibility index (Phi) is 2.54. The summed E-state index contributed by atoms with van der Waals surface area (Å²) in [5, 5.41) is 0. The highest BCUT2D eigenvalue weighted by Gasteiger charge is 2.31. The van der Waals surface area contributed by atoms with E-state index in [-0.39, 0.29) is 5.41 Å². The molecule has 0 fully saturated rings. The van der Waals surface area contributed by atoms with Crippen molar-refractivity contribution in [1.29, 1.82) is 0 Å². The Hall–Kier alpha value is -0.540. The summed E-state index contributed by atoms with van der Waals surface area (Å²) in [5.74, 6) is 0.979. The van der Waals surface area contributed by atoms with Crippen molar-refractivity contribution in [2.45, 2.75) is 18.8 Å². The van der Waals surface area contributed by atoms with Crippen LogP contribution >= 0.6 is 15.9 Å². The van der Waals surface area contributed by atoms with Gasteiger partial charge in [-0.05, 0) is 24.6 Å². The van der Waals surface area contributed by atoms with Crippen LogP contribution < -0.4 is 10.5 Å². The summed E-state index contributed by atoms with van der Waals surface area (Å²) in [7, 11) is 0. The van der Waals surface area contributed by atoms with E-state index < -0.39 is 0 Å². The standard InChI is InChI=1S/C11H14BrNO/c1-11(7-13)4-5-14-10-3-2-8(12)6-9(10)11/h2-3,6H,4-5,7,13H2,1H3. The molecule has 14 heavy (non-hydrogen) atoms. The molecule has 0 spiro atoms. The smallest absolute Gasteiger partial charge is 0.123 e. The molecule has 1 aromatic carbocycles. The molecule has 2 N–H and O–H groups in total. The second-order valence-electron chi connectivity index (χ2n) is 4.00. The number of rotatable bonds is 1. The Labute approximate surface area is 92.6 Å². The van der Waals surface area contributed by atoms with Gasteiger partial charge in [-0.25, -0.2) is 0 Å². The minimum atomic E-state index is 0.0668. The van der Waals surface area contributed by atoms with E-state index in [0.29, 0.717) is 6.54 Å². The normalized spacial score (nSPS) is 25.4. The maximum atomic E-state index is 5.83. The molecule has 3 heteroatoms. The van der Waals surface area contributed by atoms with Gasteiger partial charge < -0.3 is 10.5 Å². The zero-order valence-electron chi connectivity index (χ0n) is 8.22. The fraction of sp³-hybridized carbons (Fsp3) is 0.455. The Morgan fingerprint density at radius 3 is 3.07 bits per heavy atom. The van der Waals surface area contributed by atoms with Crippen LogP contribution in [-0.4, -0.2) is 13.2 Å². The van der Waals surface area contributed by atoms with Crippen molar-refractivity contribution in [3.63, 3.8) is 0 Å². The maximum absolute atomic E-state index is 5.83. The molecule has 0 amide bonds. The van der Waals surface area contributed by atoms with Crippen LogP contribution in [0.25, 0.3) is 0 Å². The molecule has 76 valence electrons. The van der Waals surface area contributed by atoms with E-state index in [0.717, 1.165) is 23.2 Å². The predicted molar refractivity (Wildman–Crippen MR) is 60.7 cm³/mol. The second kappa shape index (κ2) is 3.55. The molecule has 1 aliphatic rings. The van der Waals surface area contributed by atoms with Crippen molar-refractivity contribution in [2.24, 2.45) is 5.73 Å². The lowest BCUT2D eigenvalue weighted by Crippen LogP contribution is -2.37. The molecular weight excluding hydrogens is 242 g/mol. The van der Waals surface area contributed by atoms with Gasteiger partial charge in [-0.15, -0.1) is 0 Å². The van der Waals surface area contributed by atoms with Crippen molar-refractivity contribution in [2.75, 3.05) is 13.2 Å². The van der Waals surface area contributed by atoms with Gasteiger partial charge in [-0.1, -0.05) is 22.9 Å². The van der Waals surface area contributed by atoms with Crippen molar-refractivity contribution < 1.29 is 4.74 Å². The van der Waals surface area contributed by atoms with Gasteiger partial charge in [-0.2, -0.15) is 0 Å². The van der Waals surface area contributed by atoms with Gasteiger partial charge in [-0.3, -0.25) is 0 Å². The lowest BCUT2D eigenvalue weighted by molar-refractivity contribution is 0.227. The van der Waals surface area contributed by atoms with Crippen LogP contribution in [0.1, 0.15) is 18.9 Å². The summed E-state index contributed by atoms with van der Waals surface area (Å²) in [5.41, 5.74) is 7.12. The Morgan fingerprint density at radius 1 is 1.57 bits per heavy atom. The second-order valence-corrected chi connectivity index (χ2v) is 4.92.